The van der Waals surface area contributed by atoms with Crippen LogP contribution >= 0.6 is 0 Å². The molecule has 0 amide bonds. The number of hydrogen-bond acceptors (Lipinski definition) is 4. The van der Waals surface area contributed by atoms with E-state index in [0.717, 1.165) is 19.3 Å². The Balaban J connectivity index is 2.02. The van der Waals surface area contributed by atoms with Gasteiger partial charge in [0.1, 0.15) is 11.2 Å². The predicted octanol–water partition coefficient (Wildman–Crippen LogP) is 1.67. The first-order valence-electron chi connectivity index (χ1n) is 6.28. The summed E-state index contributed by atoms with van der Waals surface area (Å²) in [6, 6.07) is 0. The molecule has 2 bridgehead atoms. The number of fused-ring (bicyclic) bond motifs is 1. The number of carbonyl (C=O) groups is 2. The van der Waals surface area contributed by atoms with E-state index in [0.29, 0.717) is 0 Å². The van der Waals surface area contributed by atoms with Crippen molar-refractivity contribution in [1.82, 2.24) is 0 Å². The minimum atomic E-state index is -0.679. The zero-order valence-electron chi connectivity index (χ0n) is 10.5. The molecule has 1 aliphatic carbocycles. The smallest absolute Gasteiger partial charge is 0.321 e. The van der Waals surface area contributed by atoms with Crippen molar-refractivity contribution < 1.29 is 19.1 Å². The SMILES string of the molecule is CC1(C)OC(=O)[C@@H]2C(=O)O[C@@]3(C)CC[C@@H]1[C@H]2C3. The lowest BCUT2D eigenvalue weighted by atomic mass is 9.59. The van der Waals surface area contributed by atoms with Gasteiger partial charge in [0, 0.05) is 5.92 Å². The van der Waals surface area contributed by atoms with E-state index in [9.17, 15) is 9.59 Å². The molecule has 0 aromatic rings. The Morgan fingerprint density at radius 3 is 2.47 bits per heavy atom. The molecule has 4 atom stereocenters. The van der Waals surface area contributed by atoms with Gasteiger partial charge >= 0.3 is 11.9 Å². The number of carbonyl (C=O) groups excluding carboxylic acids is 2. The van der Waals surface area contributed by atoms with Crippen molar-refractivity contribution in [2.75, 3.05) is 0 Å². The summed E-state index contributed by atoms with van der Waals surface area (Å²) in [5, 5.41) is 0. The molecule has 17 heavy (non-hydrogen) atoms. The number of cyclic esters (lactones) is 1. The van der Waals surface area contributed by atoms with Crippen LogP contribution in [0.4, 0.5) is 0 Å². The van der Waals surface area contributed by atoms with Crippen LogP contribution in [0.3, 0.4) is 0 Å². The summed E-state index contributed by atoms with van der Waals surface area (Å²) in [7, 11) is 0. The van der Waals surface area contributed by atoms with E-state index in [4.69, 9.17) is 9.47 Å². The van der Waals surface area contributed by atoms with Crippen molar-refractivity contribution >= 4 is 11.9 Å². The van der Waals surface area contributed by atoms with E-state index >= 15 is 0 Å². The van der Waals surface area contributed by atoms with E-state index in [1.54, 1.807) is 0 Å². The van der Waals surface area contributed by atoms with Gasteiger partial charge in [0.05, 0.1) is 0 Å². The van der Waals surface area contributed by atoms with Crippen LogP contribution in [0.25, 0.3) is 0 Å². The third kappa shape index (κ3) is 1.42. The summed E-state index contributed by atoms with van der Waals surface area (Å²) in [5.41, 5.74) is -0.806. The first-order valence-corrected chi connectivity index (χ1v) is 6.28. The standard InChI is InChI=1S/C13H18O4/c1-12(2)8-4-5-13(3)6-7(8)9(10(14)16-12)11(15)17-13/h7-9H,4-6H2,1-3H3/t7-,8-,9-,13+/m1/s1. The van der Waals surface area contributed by atoms with E-state index in [1.807, 2.05) is 20.8 Å². The third-order valence-corrected chi connectivity index (χ3v) is 4.71. The molecule has 2 aliphatic heterocycles. The Morgan fingerprint density at radius 1 is 1.12 bits per heavy atom. The van der Waals surface area contributed by atoms with Crippen LogP contribution < -0.4 is 0 Å². The highest BCUT2D eigenvalue weighted by atomic mass is 16.6. The summed E-state index contributed by atoms with van der Waals surface area (Å²) in [5.74, 6) is -1.07. The maximum atomic E-state index is 11.9. The second-order valence-electron chi connectivity index (χ2n) is 6.39. The summed E-state index contributed by atoms with van der Waals surface area (Å²) in [6.45, 7) is 5.88. The second-order valence-corrected chi connectivity index (χ2v) is 6.39. The molecule has 1 saturated carbocycles. The molecule has 2 heterocycles. The molecule has 3 aliphatic rings. The van der Waals surface area contributed by atoms with Gasteiger partial charge in [-0.15, -0.1) is 0 Å². The Kier molecular flexibility index (Phi) is 1.97. The topological polar surface area (TPSA) is 52.6 Å². The highest BCUT2D eigenvalue weighted by Gasteiger charge is 2.61. The molecule has 0 aromatic heterocycles. The van der Waals surface area contributed by atoms with Crippen LogP contribution in [0.1, 0.15) is 40.0 Å². The highest BCUT2D eigenvalue weighted by Crippen LogP contribution is 2.53. The molecule has 4 heteroatoms. The average molecular weight is 238 g/mol. The van der Waals surface area contributed by atoms with Gasteiger partial charge in [-0.25, -0.2) is 0 Å². The Bertz CT molecular complexity index is 392. The van der Waals surface area contributed by atoms with E-state index in [1.165, 1.54) is 0 Å². The lowest BCUT2D eigenvalue weighted by Crippen LogP contribution is -2.62. The first-order chi connectivity index (χ1) is 7.82. The zero-order chi connectivity index (χ0) is 12.4. The number of esters is 2. The van der Waals surface area contributed by atoms with E-state index < -0.39 is 17.5 Å². The van der Waals surface area contributed by atoms with Gasteiger partial charge in [0.25, 0.3) is 0 Å². The van der Waals surface area contributed by atoms with Crippen LogP contribution in [0.5, 0.6) is 0 Å². The first kappa shape index (κ1) is 11.1. The van der Waals surface area contributed by atoms with Crippen molar-refractivity contribution in [1.29, 1.82) is 0 Å². The van der Waals surface area contributed by atoms with Crippen molar-refractivity contribution in [3.8, 4) is 0 Å². The minimum absolute atomic E-state index is 0.103. The fraction of sp³-hybridized carbons (Fsp3) is 0.846. The van der Waals surface area contributed by atoms with Crippen LogP contribution in [-0.4, -0.2) is 23.1 Å². The number of ether oxygens (including phenoxy) is 2. The lowest BCUT2D eigenvalue weighted by molar-refractivity contribution is -0.229. The number of rotatable bonds is 0. The average Bonchev–Trinajstić information content (AvgIpc) is 2.12. The highest BCUT2D eigenvalue weighted by molar-refractivity contribution is 5.96. The maximum absolute atomic E-state index is 11.9. The zero-order valence-corrected chi connectivity index (χ0v) is 10.5. The van der Waals surface area contributed by atoms with Gasteiger partial charge in [-0.3, -0.25) is 9.59 Å². The molecule has 0 unspecified atom stereocenters. The minimum Gasteiger partial charge on any atom is -0.459 e. The van der Waals surface area contributed by atoms with Crippen LogP contribution in [0, 0.1) is 17.8 Å². The Hall–Kier alpha value is -1.06. The predicted molar refractivity (Wildman–Crippen MR) is 59.0 cm³/mol. The molecule has 0 N–H and O–H groups in total. The second kappa shape index (κ2) is 3.03. The molecule has 2 saturated heterocycles. The van der Waals surface area contributed by atoms with Crippen LogP contribution in [0.15, 0.2) is 0 Å². The molecular formula is C13H18O4. The fourth-order valence-electron chi connectivity index (χ4n) is 3.87. The molecule has 0 spiro atoms. The molecular weight excluding hydrogens is 220 g/mol. The molecule has 0 radical (unpaired) electrons. The van der Waals surface area contributed by atoms with Gasteiger partial charge in [0.2, 0.25) is 0 Å². The van der Waals surface area contributed by atoms with Gasteiger partial charge in [0.15, 0.2) is 5.92 Å². The lowest BCUT2D eigenvalue weighted by Gasteiger charge is -2.55. The van der Waals surface area contributed by atoms with Crippen molar-refractivity contribution in [3.05, 3.63) is 0 Å². The van der Waals surface area contributed by atoms with E-state index in [-0.39, 0.29) is 23.4 Å². The normalized spacial score (nSPS) is 47.1. The maximum Gasteiger partial charge on any atom is 0.321 e. The van der Waals surface area contributed by atoms with E-state index in [2.05, 4.69) is 0 Å². The monoisotopic (exact) mass is 238 g/mol. The molecule has 94 valence electrons. The molecule has 3 fully saturated rings. The quantitative estimate of drug-likeness (QED) is 0.476. The van der Waals surface area contributed by atoms with Crippen molar-refractivity contribution in [2.45, 2.75) is 51.2 Å². The van der Waals surface area contributed by atoms with Gasteiger partial charge in [-0.05, 0) is 46.0 Å². The fourth-order valence-corrected chi connectivity index (χ4v) is 3.87. The van der Waals surface area contributed by atoms with Gasteiger partial charge in [-0.1, -0.05) is 0 Å². The van der Waals surface area contributed by atoms with Gasteiger partial charge < -0.3 is 9.47 Å². The summed E-state index contributed by atoms with van der Waals surface area (Å²) in [4.78, 5) is 23.8. The van der Waals surface area contributed by atoms with Crippen molar-refractivity contribution in [3.63, 3.8) is 0 Å². The van der Waals surface area contributed by atoms with Crippen molar-refractivity contribution in [2.24, 2.45) is 17.8 Å². The third-order valence-electron chi connectivity index (χ3n) is 4.71. The Labute approximate surface area is 101 Å². The number of hydrogen-bond donors (Lipinski definition) is 0. The molecule has 4 nitrogen and oxygen atoms in total. The summed E-state index contributed by atoms with van der Waals surface area (Å²) >= 11 is 0. The van der Waals surface area contributed by atoms with Gasteiger partial charge in [-0.2, -0.15) is 0 Å². The van der Waals surface area contributed by atoms with Crippen LogP contribution in [0.2, 0.25) is 0 Å². The summed E-state index contributed by atoms with van der Waals surface area (Å²) in [6.07, 6.45) is 2.63. The Morgan fingerprint density at radius 2 is 1.76 bits per heavy atom. The molecule has 0 aromatic carbocycles. The largest absolute Gasteiger partial charge is 0.459 e. The summed E-state index contributed by atoms with van der Waals surface area (Å²) < 4.78 is 10.9. The molecule has 3 rings (SSSR count). The van der Waals surface area contributed by atoms with Crippen LogP contribution in [-0.2, 0) is 19.1 Å².